The quantitative estimate of drug-likeness (QED) is 0.606. The summed E-state index contributed by atoms with van der Waals surface area (Å²) in [6, 6.07) is 5.23. The molecule has 0 radical (unpaired) electrons. The van der Waals surface area contributed by atoms with Gasteiger partial charge in [0.05, 0.1) is 25.5 Å². The van der Waals surface area contributed by atoms with Crippen LogP contribution in [0.25, 0.3) is 0 Å². The van der Waals surface area contributed by atoms with Crippen molar-refractivity contribution in [1.82, 2.24) is 0 Å². The molecule has 2 rings (SSSR count). The van der Waals surface area contributed by atoms with E-state index in [1.807, 2.05) is 11.3 Å². The lowest BCUT2D eigenvalue weighted by molar-refractivity contribution is -0.925. The van der Waals surface area contributed by atoms with Crippen LogP contribution in [0, 0.1) is 0 Å². The zero-order chi connectivity index (χ0) is 9.31. The summed E-state index contributed by atoms with van der Waals surface area (Å²) in [6.45, 7) is 1.34. The van der Waals surface area contributed by atoms with E-state index in [-0.39, 0.29) is 0 Å². The molecule has 0 N–H and O–H groups in total. The highest BCUT2D eigenvalue weighted by molar-refractivity contribution is 7.10. The SMILES string of the molecule is C[N+]1(C)CCCCC1c1cccs1. The Hall–Kier alpha value is -0.340. The van der Waals surface area contributed by atoms with Crippen molar-refractivity contribution < 1.29 is 4.48 Å². The van der Waals surface area contributed by atoms with Crippen molar-refractivity contribution in [1.29, 1.82) is 0 Å². The van der Waals surface area contributed by atoms with Gasteiger partial charge in [-0.1, -0.05) is 6.07 Å². The Kier molecular flexibility index (Phi) is 2.43. The lowest BCUT2D eigenvalue weighted by Gasteiger charge is -2.41. The molecule has 1 aromatic heterocycles. The number of likely N-dealkylation sites (tertiary alicyclic amines) is 1. The highest BCUT2D eigenvalue weighted by Crippen LogP contribution is 2.36. The number of nitrogens with zero attached hydrogens (tertiary/aromatic N) is 1. The largest absolute Gasteiger partial charge is 0.322 e. The van der Waals surface area contributed by atoms with Crippen LogP contribution in [0.3, 0.4) is 0 Å². The maximum absolute atomic E-state index is 2.36. The lowest BCUT2D eigenvalue weighted by atomic mass is 9.99. The summed E-state index contributed by atoms with van der Waals surface area (Å²) in [5, 5.41) is 2.20. The van der Waals surface area contributed by atoms with Gasteiger partial charge in [0.15, 0.2) is 0 Å². The molecule has 0 aliphatic carbocycles. The van der Waals surface area contributed by atoms with Gasteiger partial charge in [-0.05, 0) is 24.3 Å². The molecule has 1 nitrogen and oxygen atoms in total. The van der Waals surface area contributed by atoms with Gasteiger partial charge in [-0.3, -0.25) is 0 Å². The van der Waals surface area contributed by atoms with Crippen LogP contribution in [0.5, 0.6) is 0 Å². The van der Waals surface area contributed by atoms with E-state index in [1.54, 1.807) is 4.88 Å². The smallest absolute Gasteiger partial charge is 0.123 e. The minimum atomic E-state index is 0.758. The van der Waals surface area contributed by atoms with Crippen LogP contribution in [0.4, 0.5) is 0 Å². The zero-order valence-corrected chi connectivity index (χ0v) is 9.31. The summed E-state index contributed by atoms with van der Waals surface area (Å²) >= 11 is 1.92. The monoisotopic (exact) mass is 196 g/mol. The third-order valence-electron chi connectivity index (χ3n) is 3.18. The highest BCUT2D eigenvalue weighted by Gasteiger charge is 2.33. The maximum Gasteiger partial charge on any atom is 0.123 e. The number of piperidine rings is 1. The second-order valence-corrected chi connectivity index (χ2v) is 5.51. The van der Waals surface area contributed by atoms with E-state index in [4.69, 9.17) is 0 Å². The van der Waals surface area contributed by atoms with Crippen LogP contribution >= 0.6 is 11.3 Å². The Morgan fingerprint density at radius 1 is 1.38 bits per heavy atom. The van der Waals surface area contributed by atoms with Gasteiger partial charge in [0.1, 0.15) is 6.04 Å². The number of quaternary nitrogens is 1. The molecule has 72 valence electrons. The first-order valence-corrected chi connectivity index (χ1v) is 5.94. The van der Waals surface area contributed by atoms with E-state index in [1.165, 1.54) is 30.3 Å². The first-order valence-electron chi connectivity index (χ1n) is 5.06. The standard InChI is InChI=1S/C11H18NS/c1-12(2)8-4-3-6-10(12)11-7-5-9-13-11/h5,7,9-10H,3-4,6,8H2,1-2H3/q+1. The van der Waals surface area contributed by atoms with Crippen molar-refractivity contribution in [2.75, 3.05) is 20.6 Å². The second-order valence-electron chi connectivity index (χ2n) is 4.53. The summed E-state index contributed by atoms with van der Waals surface area (Å²) in [4.78, 5) is 1.57. The molecule has 0 aromatic carbocycles. The number of rotatable bonds is 1. The van der Waals surface area contributed by atoms with Crippen molar-refractivity contribution in [3.63, 3.8) is 0 Å². The minimum absolute atomic E-state index is 0.758. The first-order chi connectivity index (χ1) is 6.20. The minimum Gasteiger partial charge on any atom is -0.322 e. The van der Waals surface area contributed by atoms with E-state index in [0.717, 1.165) is 6.04 Å². The summed E-state index contributed by atoms with van der Waals surface area (Å²) < 4.78 is 1.18. The van der Waals surface area contributed by atoms with Crippen LogP contribution in [-0.4, -0.2) is 25.1 Å². The molecule has 0 saturated carbocycles. The molecule has 1 saturated heterocycles. The Morgan fingerprint density at radius 3 is 2.85 bits per heavy atom. The fourth-order valence-corrected chi connectivity index (χ4v) is 3.36. The molecule has 1 aliphatic rings. The Labute approximate surface area is 84.6 Å². The van der Waals surface area contributed by atoms with Crippen LogP contribution in [-0.2, 0) is 0 Å². The summed E-state index contributed by atoms with van der Waals surface area (Å²) in [5.74, 6) is 0. The van der Waals surface area contributed by atoms with Crippen LogP contribution < -0.4 is 0 Å². The van der Waals surface area contributed by atoms with Gasteiger partial charge < -0.3 is 4.48 Å². The van der Waals surface area contributed by atoms with Crippen LogP contribution in [0.1, 0.15) is 30.2 Å². The van der Waals surface area contributed by atoms with Crippen LogP contribution in [0.2, 0.25) is 0 Å². The fraction of sp³-hybridized carbons (Fsp3) is 0.636. The zero-order valence-electron chi connectivity index (χ0n) is 8.49. The second kappa shape index (κ2) is 3.43. The predicted molar refractivity (Wildman–Crippen MR) is 57.9 cm³/mol. The molecule has 0 bridgehead atoms. The number of hydrogen-bond acceptors (Lipinski definition) is 1. The van der Waals surface area contributed by atoms with Gasteiger partial charge in [0.2, 0.25) is 0 Å². The molecule has 2 heteroatoms. The van der Waals surface area contributed by atoms with Gasteiger partial charge in [-0.15, -0.1) is 11.3 Å². The molecule has 0 spiro atoms. The lowest BCUT2D eigenvalue weighted by Crippen LogP contribution is -2.46. The average molecular weight is 196 g/mol. The van der Waals surface area contributed by atoms with E-state index in [9.17, 15) is 0 Å². The van der Waals surface area contributed by atoms with Gasteiger partial charge in [0, 0.05) is 6.42 Å². The molecule has 13 heavy (non-hydrogen) atoms. The third kappa shape index (κ3) is 1.79. The molecule has 1 unspecified atom stereocenters. The van der Waals surface area contributed by atoms with Crippen LogP contribution in [0.15, 0.2) is 17.5 Å². The van der Waals surface area contributed by atoms with Crippen molar-refractivity contribution >= 4 is 11.3 Å². The van der Waals surface area contributed by atoms with Gasteiger partial charge >= 0.3 is 0 Å². The Bertz CT molecular complexity index is 264. The summed E-state index contributed by atoms with van der Waals surface area (Å²) in [5.41, 5.74) is 0. The summed E-state index contributed by atoms with van der Waals surface area (Å²) in [6.07, 6.45) is 4.17. The van der Waals surface area contributed by atoms with E-state index >= 15 is 0 Å². The van der Waals surface area contributed by atoms with Crippen molar-refractivity contribution in [3.8, 4) is 0 Å². The van der Waals surface area contributed by atoms with Gasteiger partial charge in [-0.2, -0.15) is 0 Å². The Balaban J connectivity index is 2.21. The van der Waals surface area contributed by atoms with Crippen molar-refractivity contribution in [2.24, 2.45) is 0 Å². The van der Waals surface area contributed by atoms with Gasteiger partial charge in [-0.25, -0.2) is 0 Å². The molecule has 1 aliphatic heterocycles. The first kappa shape index (κ1) is 9.22. The molecular formula is C11H18NS+. The molecular weight excluding hydrogens is 178 g/mol. The number of thiophene rings is 1. The normalized spacial score (nSPS) is 27.4. The van der Waals surface area contributed by atoms with E-state index < -0.39 is 0 Å². The summed E-state index contributed by atoms with van der Waals surface area (Å²) in [7, 11) is 4.73. The molecule has 1 fully saturated rings. The Morgan fingerprint density at radius 2 is 2.23 bits per heavy atom. The average Bonchev–Trinajstić information content (AvgIpc) is 2.55. The van der Waals surface area contributed by atoms with Crippen molar-refractivity contribution in [3.05, 3.63) is 22.4 Å². The van der Waals surface area contributed by atoms with Gasteiger partial charge in [0.25, 0.3) is 0 Å². The third-order valence-corrected chi connectivity index (χ3v) is 4.15. The molecule has 0 amide bonds. The van der Waals surface area contributed by atoms with E-state index in [2.05, 4.69) is 31.6 Å². The predicted octanol–water partition coefficient (Wildman–Crippen LogP) is 3.05. The fourth-order valence-electron chi connectivity index (χ4n) is 2.33. The topological polar surface area (TPSA) is 0 Å². The molecule has 1 aromatic rings. The molecule has 2 heterocycles. The van der Waals surface area contributed by atoms with Crippen molar-refractivity contribution in [2.45, 2.75) is 25.3 Å². The maximum atomic E-state index is 2.36. The number of hydrogen-bond donors (Lipinski definition) is 0. The molecule has 1 atom stereocenters. The highest BCUT2D eigenvalue weighted by atomic mass is 32.1. The van der Waals surface area contributed by atoms with E-state index in [0.29, 0.717) is 0 Å².